The molecule has 0 aromatic carbocycles. The third kappa shape index (κ3) is 39.7. The van der Waals surface area contributed by atoms with Crippen molar-refractivity contribution in [3.05, 3.63) is 60.8 Å². The second-order valence-electron chi connectivity index (χ2n) is 14.0. The van der Waals surface area contributed by atoms with Gasteiger partial charge in [0.25, 0.3) is 0 Å². The Balaban J connectivity index is 4.28. The topological polar surface area (TPSA) is 149 Å². The van der Waals surface area contributed by atoms with E-state index >= 15 is 0 Å². The van der Waals surface area contributed by atoms with E-state index in [1.165, 1.54) is 38.5 Å². The van der Waals surface area contributed by atoms with Crippen LogP contribution in [-0.4, -0.2) is 65.7 Å². The van der Waals surface area contributed by atoms with Crippen LogP contribution in [0.3, 0.4) is 0 Å². The van der Waals surface area contributed by atoms with E-state index < -0.39 is 51.8 Å². The molecule has 3 atom stereocenters. The summed E-state index contributed by atoms with van der Waals surface area (Å²) >= 11 is 0. The Labute approximate surface area is 334 Å². The Hall–Kier alpha value is -2.33. The number of ether oxygens (including phenoxy) is 2. The summed E-state index contributed by atoms with van der Waals surface area (Å²) in [6, 6.07) is 0. The first kappa shape index (κ1) is 52.7. The zero-order chi connectivity index (χ0) is 40.5. The molecule has 0 heterocycles. The highest BCUT2D eigenvalue weighted by Crippen LogP contribution is 2.43. The minimum absolute atomic E-state index is 0.170. The van der Waals surface area contributed by atoms with Crippen molar-refractivity contribution in [1.82, 2.24) is 0 Å². The quantitative estimate of drug-likeness (QED) is 0.0237. The number of carbonyl (C=O) groups is 2. The first-order valence-corrected chi connectivity index (χ1v) is 22.7. The standard InChI is InChI=1S/C44H77O10P/c1-3-5-7-9-11-13-15-16-17-18-19-20-21-22-23-24-26-28-30-32-34-36-44(48)54-42(40-53-55(49,50)52-38-41(46)37-45)39-51-43(47)35-33-31-29-27-25-14-12-10-8-6-4-2/h5,7,10-13,16-17,19-20,41-42,45-46H,3-4,6,8-9,14-15,18,21-40H2,1-2H3,(H,49,50)/b7-5-,12-10-,13-11-,17-16-,20-19-. The van der Waals surface area contributed by atoms with Gasteiger partial charge in [0.2, 0.25) is 0 Å². The Kier molecular flexibility index (Phi) is 38.2. The summed E-state index contributed by atoms with van der Waals surface area (Å²) in [7, 11) is -4.62. The molecule has 0 saturated carbocycles. The normalized spacial score (nSPS) is 14.5. The lowest BCUT2D eigenvalue weighted by atomic mass is 10.1. The van der Waals surface area contributed by atoms with Crippen molar-refractivity contribution in [3.63, 3.8) is 0 Å². The number of carbonyl (C=O) groups excluding carboxylic acids is 2. The van der Waals surface area contributed by atoms with Crippen LogP contribution in [0.25, 0.3) is 0 Å². The van der Waals surface area contributed by atoms with E-state index in [1.54, 1.807) is 0 Å². The van der Waals surface area contributed by atoms with Gasteiger partial charge in [-0.05, 0) is 70.6 Å². The maximum Gasteiger partial charge on any atom is 0.472 e. The number of phosphoric acid groups is 1. The largest absolute Gasteiger partial charge is 0.472 e. The molecule has 0 aromatic heterocycles. The van der Waals surface area contributed by atoms with Crippen LogP contribution in [0.15, 0.2) is 60.8 Å². The van der Waals surface area contributed by atoms with Gasteiger partial charge in [-0.15, -0.1) is 0 Å². The molecule has 318 valence electrons. The molecule has 0 fully saturated rings. The van der Waals surface area contributed by atoms with Crippen molar-refractivity contribution in [2.75, 3.05) is 26.4 Å². The lowest BCUT2D eigenvalue weighted by Gasteiger charge is -2.20. The summed E-state index contributed by atoms with van der Waals surface area (Å²) in [5, 5.41) is 18.3. The van der Waals surface area contributed by atoms with Crippen LogP contribution >= 0.6 is 7.82 Å². The molecule has 3 N–H and O–H groups in total. The second-order valence-corrected chi connectivity index (χ2v) is 15.4. The molecule has 0 aliphatic heterocycles. The molecule has 0 aliphatic rings. The van der Waals surface area contributed by atoms with Gasteiger partial charge < -0.3 is 24.6 Å². The molecule has 10 nitrogen and oxygen atoms in total. The Morgan fingerprint density at radius 3 is 1.53 bits per heavy atom. The lowest BCUT2D eigenvalue weighted by Crippen LogP contribution is -2.29. The highest BCUT2D eigenvalue weighted by Gasteiger charge is 2.27. The van der Waals surface area contributed by atoms with Gasteiger partial charge in [-0.3, -0.25) is 18.6 Å². The lowest BCUT2D eigenvalue weighted by molar-refractivity contribution is -0.161. The van der Waals surface area contributed by atoms with Crippen LogP contribution in [0.4, 0.5) is 0 Å². The molecule has 3 unspecified atom stereocenters. The van der Waals surface area contributed by atoms with Crippen molar-refractivity contribution in [2.24, 2.45) is 0 Å². The van der Waals surface area contributed by atoms with Crippen LogP contribution in [-0.2, 0) is 32.7 Å². The SMILES string of the molecule is CC/C=C\C/C=C\C/C=C\C/C=C\CCCCCCCCCCC(=O)OC(COC(=O)CCCCCCC/C=C\CCCC)COP(=O)(O)OCC(O)CO. The number of esters is 2. The van der Waals surface area contributed by atoms with Gasteiger partial charge in [0.1, 0.15) is 12.7 Å². The van der Waals surface area contributed by atoms with Crippen LogP contribution in [0.5, 0.6) is 0 Å². The van der Waals surface area contributed by atoms with Crippen LogP contribution in [0, 0.1) is 0 Å². The van der Waals surface area contributed by atoms with Gasteiger partial charge in [0.05, 0.1) is 19.8 Å². The highest BCUT2D eigenvalue weighted by atomic mass is 31.2. The number of allylic oxidation sites excluding steroid dienone is 10. The van der Waals surface area contributed by atoms with Crippen molar-refractivity contribution >= 4 is 19.8 Å². The van der Waals surface area contributed by atoms with E-state index in [9.17, 15) is 24.2 Å². The summed E-state index contributed by atoms with van der Waals surface area (Å²) in [5.74, 6) is -0.950. The van der Waals surface area contributed by atoms with E-state index in [4.69, 9.17) is 19.1 Å². The Morgan fingerprint density at radius 2 is 1.00 bits per heavy atom. The maximum absolute atomic E-state index is 12.6. The number of phosphoric ester groups is 1. The van der Waals surface area contributed by atoms with Crippen molar-refractivity contribution in [1.29, 1.82) is 0 Å². The zero-order valence-corrected chi connectivity index (χ0v) is 35.3. The third-order valence-electron chi connectivity index (χ3n) is 8.66. The molecule has 0 bridgehead atoms. The highest BCUT2D eigenvalue weighted by molar-refractivity contribution is 7.47. The maximum atomic E-state index is 12.6. The van der Waals surface area contributed by atoms with Gasteiger partial charge in [0.15, 0.2) is 6.10 Å². The molecule has 0 saturated heterocycles. The molecular weight excluding hydrogens is 719 g/mol. The van der Waals surface area contributed by atoms with E-state index in [-0.39, 0.29) is 19.4 Å². The van der Waals surface area contributed by atoms with E-state index in [0.717, 1.165) is 89.9 Å². The van der Waals surface area contributed by atoms with Gasteiger partial charge >= 0.3 is 19.8 Å². The van der Waals surface area contributed by atoms with Crippen LogP contribution in [0.1, 0.15) is 168 Å². The average Bonchev–Trinajstić information content (AvgIpc) is 3.17. The first-order chi connectivity index (χ1) is 26.7. The number of unbranched alkanes of at least 4 members (excludes halogenated alkanes) is 15. The van der Waals surface area contributed by atoms with E-state index in [2.05, 4.69) is 79.1 Å². The smallest absolute Gasteiger partial charge is 0.462 e. The summed E-state index contributed by atoms with van der Waals surface area (Å²) in [5.41, 5.74) is 0. The van der Waals surface area contributed by atoms with E-state index in [0.29, 0.717) is 12.8 Å². The predicted molar refractivity (Wildman–Crippen MR) is 224 cm³/mol. The summed E-state index contributed by atoms with van der Waals surface area (Å²) in [4.78, 5) is 34.9. The number of aliphatic hydroxyl groups excluding tert-OH is 2. The van der Waals surface area contributed by atoms with Gasteiger partial charge in [-0.25, -0.2) is 4.57 Å². The molecule has 55 heavy (non-hydrogen) atoms. The monoisotopic (exact) mass is 797 g/mol. The second kappa shape index (κ2) is 39.9. The van der Waals surface area contributed by atoms with Crippen LogP contribution in [0.2, 0.25) is 0 Å². The summed E-state index contributed by atoms with van der Waals surface area (Å²) in [6.45, 7) is 2.19. The molecule has 0 spiro atoms. The minimum atomic E-state index is -4.62. The number of rotatable bonds is 39. The fourth-order valence-electron chi connectivity index (χ4n) is 5.38. The zero-order valence-electron chi connectivity index (χ0n) is 34.4. The minimum Gasteiger partial charge on any atom is -0.462 e. The first-order valence-electron chi connectivity index (χ1n) is 21.2. The summed E-state index contributed by atoms with van der Waals surface area (Å²) < 4.78 is 32.6. The van der Waals surface area contributed by atoms with Gasteiger partial charge in [-0.1, -0.05) is 145 Å². The van der Waals surface area contributed by atoms with Crippen molar-refractivity contribution < 1.29 is 47.8 Å². The van der Waals surface area contributed by atoms with Crippen molar-refractivity contribution in [2.45, 2.75) is 180 Å². The number of hydrogen-bond acceptors (Lipinski definition) is 9. The molecule has 0 amide bonds. The molecule has 0 rings (SSSR count). The fourth-order valence-corrected chi connectivity index (χ4v) is 6.17. The molecule has 0 aliphatic carbocycles. The third-order valence-corrected chi connectivity index (χ3v) is 9.61. The Morgan fingerprint density at radius 1 is 0.564 bits per heavy atom. The fraction of sp³-hybridized carbons (Fsp3) is 0.727. The predicted octanol–water partition coefficient (Wildman–Crippen LogP) is 11.1. The molecule has 0 radical (unpaired) electrons. The van der Waals surface area contributed by atoms with Gasteiger partial charge in [-0.2, -0.15) is 0 Å². The Bertz CT molecular complexity index is 1100. The van der Waals surface area contributed by atoms with Crippen molar-refractivity contribution in [3.8, 4) is 0 Å². The molecule has 0 aromatic rings. The average molecular weight is 797 g/mol. The number of hydrogen-bond donors (Lipinski definition) is 3. The van der Waals surface area contributed by atoms with Crippen LogP contribution < -0.4 is 0 Å². The molecule has 11 heteroatoms. The van der Waals surface area contributed by atoms with E-state index in [1.807, 2.05) is 0 Å². The number of aliphatic hydroxyl groups is 2. The van der Waals surface area contributed by atoms with Gasteiger partial charge in [0, 0.05) is 12.8 Å². The summed E-state index contributed by atoms with van der Waals surface area (Å²) in [6.07, 6.45) is 43.3. The molecular formula is C44H77O10P.